The summed E-state index contributed by atoms with van der Waals surface area (Å²) in [6.45, 7) is 1.70. The van der Waals surface area contributed by atoms with Crippen molar-refractivity contribution in [3.8, 4) is 0 Å². The number of benzene rings is 2. The molecule has 3 N–H and O–H groups in total. The summed E-state index contributed by atoms with van der Waals surface area (Å²) in [5.74, 6) is 0.000231. The van der Waals surface area contributed by atoms with Gasteiger partial charge >= 0.3 is 0 Å². The van der Waals surface area contributed by atoms with E-state index in [9.17, 15) is 4.79 Å². The number of anilines is 2. The zero-order chi connectivity index (χ0) is 16.2. The Morgan fingerprint density at radius 2 is 2.04 bits per heavy atom. The van der Waals surface area contributed by atoms with Crippen LogP contribution in [0.1, 0.15) is 17.5 Å². The smallest absolute Gasteiger partial charge is 0.239 e. The summed E-state index contributed by atoms with van der Waals surface area (Å²) in [6.07, 6.45) is 1.99. The number of nitrogens with zero attached hydrogens (tertiary/aromatic N) is 1. The van der Waals surface area contributed by atoms with Gasteiger partial charge in [-0.05, 0) is 48.2 Å². The van der Waals surface area contributed by atoms with Crippen molar-refractivity contribution in [1.82, 2.24) is 5.32 Å². The van der Waals surface area contributed by atoms with E-state index in [4.69, 9.17) is 17.3 Å². The summed E-state index contributed by atoms with van der Waals surface area (Å²) < 4.78 is 0. The van der Waals surface area contributed by atoms with Crippen LogP contribution in [0.25, 0.3) is 0 Å². The molecule has 4 nitrogen and oxygen atoms in total. The number of nitrogens with one attached hydrogen (secondary N) is 1. The van der Waals surface area contributed by atoms with E-state index >= 15 is 0 Å². The Morgan fingerprint density at radius 3 is 2.83 bits per heavy atom. The predicted octanol–water partition coefficient (Wildman–Crippen LogP) is 3.41. The minimum absolute atomic E-state index is 0. The summed E-state index contributed by atoms with van der Waals surface area (Å²) in [6, 6.07) is 13.4. The molecule has 24 heavy (non-hydrogen) atoms. The Kier molecular flexibility index (Phi) is 6.35. The van der Waals surface area contributed by atoms with Crippen LogP contribution >= 0.6 is 24.0 Å². The summed E-state index contributed by atoms with van der Waals surface area (Å²) in [4.78, 5) is 14.3. The van der Waals surface area contributed by atoms with Gasteiger partial charge in [-0.25, -0.2) is 0 Å². The zero-order valence-electron chi connectivity index (χ0n) is 13.3. The van der Waals surface area contributed by atoms with Crippen molar-refractivity contribution in [3.63, 3.8) is 0 Å². The maximum absolute atomic E-state index is 12.2. The van der Waals surface area contributed by atoms with Crippen LogP contribution < -0.4 is 16.0 Å². The van der Waals surface area contributed by atoms with E-state index in [-0.39, 0.29) is 18.3 Å². The molecule has 1 aliphatic rings. The SMILES string of the molecule is Cl.Nc1cccc2c1CCCN2CC(=O)NCc1cccc(Cl)c1. The zero-order valence-corrected chi connectivity index (χ0v) is 14.9. The van der Waals surface area contributed by atoms with Crippen molar-refractivity contribution in [2.75, 3.05) is 23.7 Å². The van der Waals surface area contributed by atoms with Crippen LogP contribution in [0, 0.1) is 0 Å². The molecule has 0 unspecified atom stereocenters. The second-order valence-electron chi connectivity index (χ2n) is 5.78. The number of carbonyl (C=O) groups is 1. The number of nitrogens with two attached hydrogens (primary N) is 1. The molecule has 128 valence electrons. The maximum atomic E-state index is 12.2. The van der Waals surface area contributed by atoms with E-state index in [0.29, 0.717) is 18.1 Å². The fraction of sp³-hybridized carbons (Fsp3) is 0.278. The molecule has 3 rings (SSSR count). The molecule has 2 aromatic carbocycles. The highest BCUT2D eigenvalue weighted by molar-refractivity contribution is 6.30. The Labute approximate surface area is 153 Å². The van der Waals surface area contributed by atoms with Gasteiger partial charge < -0.3 is 16.0 Å². The standard InChI is InChI=1S/C18H20ClN3O.ClH/c19-14-5-1-4-13(10-14)11-21-18(23)12-22-9-3-6-15-16(20)7-2-8-17(15)22;/h1-2,4-5,7-8,10H,3,6,9,11-12,20H2,(H,21,23);1H. The third-order valence-electron chi connectivity index (χ3n) is 4.10. The molecule has 2 aromatic rings. The van der Waals surface area contributed by atoms with Crippen LogP contribution in [0.5, 0.6) is 0 Å². The third-order valence-corrected chi connectivity index (χ3v) is 4.33. The fourth-order valence-corrected chi connectivity index (χ4v) is 3.18. The molecule has 0 saturated heterocycles. The van der Waals surface area contributed by atoms with Gasteiger partial charge in [0.15, 0.2) is 0 Å². The predicted molar refractivity (Wildman–Crippen MR) is 102 cm³/mol. The molecule has 0 saturated carbocycles. The molecule has 0 radical (unpaired) electrons. The van der Waals surface area contributed by atoms with Crippen LogP contribution in [0.3, 0.4) is 0 Å². The number of carbonyl (C=O) groups excluding carboxylic acids is 1. The molecule has 0 bridgehead atoms. The first-order valence-corrected chi connectivity index (χ1v) is 8.15. The van der Waals surface area contributed by atoms with Crippen molar-refractivity contribution in [2.24, 2.45) is 0 Å². The van der Waals surface area contributed by atoms with Gasteiger partial charge in [0.2, 0.25) is 5.91 Å². The van der Waals surface area contributed by atoms with Gasteiger partial charge in [0, 0.05) is 29.5 Å². The normalized spacial score (nSPS) is 13.0. The van der Waals surface area contributed by atoms with Crippen LogP contribution in [0.4, 0.5) is 11.4 Å². The lowest BCUT2D eigenvalue weighted by molar-refractivity contribution is -0.119. The van der Waals surface area contributed by atoms with E-state index < -0.39 is 0 Å². The number of rotatable bonds is 4. The van der Waals surface area contributed by atoms with Crippen LogP contribution in [-0.4, -0.2) is 19.0 Å². The average Bonchev–Trinajstić information content (AvgIpc) is 2.54. The van der Waals surface area contributed by atoms with Gasteiger partial charge in [-0.2, -0.15) is 0 Å². The summed E-state index contributed by atoms with van der Waals surface area (Å²) in [5.41, 5.74) is 10.1. The maximum Gasteiger partial charge on any atom is 0.239 e. The first-order chi connectivity index (χ1) is 11.1. The molecule has 0 aromatic heterocycles. The lowest BCUT2D eigenvalue weighted by atomic mass is 10.00. The Morgan fingerprint density at radius 1 is 1.25 bits per heavy atom. The number of fused-ring (bicyclic) bond motifs is 1. The highest BCUT2D eigenvalue weighted by Crippen LogP contribution is 2.30. The minimum atomic E-state index is 0. The first kappa shape index (κ1) is 18.4. The minimum Gasteiger partial charge on any atom is -0.398 e. The third kappa shape index (κ3) is 4.34. The lowest BCUT2D eigenvalue weighted by Gasteiger charge is -2.31. The summed E-state index contributed by atoms with van der Waals surface area (Å²) in [5, 5.41) is 3.63. The number of halogens is 2. The molecular weight excluding hydrogens is 345 g/mol. The van der Waals surface area contributed by atoms with Crippen molar-refractivity contribution < 1.29 is 4.79 Å². The monoisotopic (exact) mass is 365 g/mol. The van der Waals surface area contributed by atoms with E-state index in [1.165, 1.54) is 0 Å². The van der Waals surface area contributed by atoms with E-state index in [2.05, 4.69) is 10.2 Å². The van der Waals surface area contributed by atoms with E-state index in [1.54, 1.807) is 0 Å². The molecule has 0 fully saturated rings. The lowest BCUT2D eigenvalue weighted by Crippen LogP contribution is -2.39. The van der Waals surface area contributed by atoms with Gasteiger partial charge in [0.25, 0.3) is 0 Å². The first-order valence-electron chi connectivity index (χ1n) is 7.77. The molecule has 1 aliphatic heterocycles. The van der Waals surface area contributed by atoms with Crippen molar-refractivity contribution in [2.45, 2.75) is 19.4 Å². The number of nitrogen functional groups attached to an aromatic ring is 1. The van der Waals surface area contributed by atoms with Crippen molar-refractivity contribution >= 4 is 41.3 Å². The summed E-state index contributed by atoms with van der Waals surface area (Å²) in [7, 11) is 0. The molecular formula is C18H21Cl2N3O. The summed E-state index contributed by atoms with van der Waals surface area (Å²) >= 11 is 5.95. The fourth-order valence-electron chi connectivity index (χ4n) is 2.97. The van der Waals surface area contributed by atoms with Crippen LogP contribution in [-0.2, 0) is 17.8 Å². The van der Waals surface area contributed by atoms with Crippen LogP contribution in [0.2, 0.25) is 5.02 Å². The molecule has 0 atom stereocenters. The molecule has 1 amide bonds. The second kappa shape index (κ2) is 8.27. The molecule has 0 aliphatic carbocycles. The molecule has 6 heteroatoms. The Balaban J connectivity index is 0.00000208. The Hall–Kier alpha value is -1.91. The number of hydrogen-bond donors (Lipinski definition) is 2. The molecule has 0 spiro atoms. The highest BCUT2D eigenvalue weighted by Gasteiger charge is 2.20. The van der Waals surface area contributed by atoms with Gasteiger partial charge in [-0.1, -0.05) is 29.8 Å². The van der Waals surface area contributed by atoms with E-state index in [0.717, 1.165) is 41.9 Å². The Bertz CT molecular complexity index is 721. The second-order valence-corrected chi connectivity index (χ2v) is 6.21. The topological polar surface area (TPSA) is 58.4 Å². The molecule has 1 heterocycles. The largest absolute Gasteiger partial charge is 0.398 e. The van der Waals surface area contributed by atoms with Gasteiger partial charge in [0.05, 0.1) is 6.54 Å². The number of hydrogen-bond acceptors (Lipinski definition) is 3. The van der Waals surface area contributed by atoms with Crippen molar-refractivity contribution in [1.29, 1.82) is 0 Å². The van der Waals surface area contributed by atoms with E-state index in [1.807, 2.05) is 42.5 Å². The van der Waals surface area contributed by atoms with Crippen LogP contribution in [0.15, 0.2) is 42.5 Å². The van der Waals surface area contributed by atoms with Crippen molar-refractivity contribution in [3.05, 3.63) is 58.6 Å². The number of amides is 1. The highest BCUT2D eigenvalue weighted by atomic mass is 35.5. The van der Waals surface area contributed by atoms with Gasteiger partial charge in [-0.3, -0.25) is 4.79 Å². The van der Waals surface area contributed by atoms with Gasteiger partial charge in [0.1, 0.15) is 0 Å². The average molecular weight is 366 g/mol. The van der Waals surface area contributed by atoms with Gasteiger partial charge in [-0.15, -0.1) is 12.4 Å². The quantitative estimate of drug-likeness (QED) is 0.816.